The highest BCUT2D eigenvalue weighted by atomic mass is 16.5. The van der Waals surface area contributed by atoms with Gasteiger partial charge in [0.25, 0.3) is 0 Å². The normalized spacial score (nSPS) is 29.0. The Morgan fingerprint density at radius 3 is 2.29 bits per heavy atom. The first-order valence-corrected chi connectivity index (χ1v) is 10.2. The Morgan fingerprint density at radius 1 is 1.12 bits per heavy atom. The van der Waals surface area contributed by atoms with Crippen LogP contribution in [0, 0.1) is 23.2 Å². The van der Waals surface area contributed by atoms with Crippen LogP contribution in [0.1, 0.15) is 60.3 Å². The fraction of sp³-hybridized carbons (Fsp3) is 1.00. The van der Waals surface area contributed by atoms with Gasteiger partial charge >= 0.3 is 0 Å². The van der Waals surface area contributed by atoms with Crippen molar-refractivity contribution >= 4 is 0 Å². The van der Waals surface area contributed by atoms with E-state index in [4.69, 9.17) is 4.74 Å². The summed E-state index contributed by atoms with van der Waals surface area (Å²) in [6.45, 7) is 16.5. The van der Waals surface area contributed by atoms with E-state index in [0.717, 1.165) is 19.1 Å². The van der Waals surface area contributed by atoms with E-state index in [0.29, 0.717) is 29.4 Å². The molecule has 0 aromatic rings. The molecule has 0 saturated carbocycles. The van der Waals surface area contributed by atoms with E-state index < -0.39 is 0 Å². The van der Waals surface area contributed by atoms with Crippen molar-refractivity contribution < 1.29 is 4.74 Å². The molecule has 0 bridgehead atoms. The molecule has 0 aliphatic carbocycles. The molecular weight excluding hydrogens is 296 g/mol. The predicted molar refractivity (Wildman–Crippen MR) is 103 cm³/mol. The maximum absolute atomic E-state index is 6.34. The Hall–Kier alpha value is -0.120. The first-order valence-electron chi connectivity index (χ1n) is 10.2. The van der Waals surface area contributed by atoms with E-state index in [1.165, 1.54) is 38.8 Å². The minimum absolute atomic E-state index is 0.421. The van der Waals surface area contributed by atoms with Crippen molar-refractivity contribution in [3.63, 3.8) is 0 Å². The zero-order chi connectivity index (χ0) is 17.9. The molecule has 3 nitrogen and oxygen atoms in total. The molecule has 2 rings (SSSR count). The summed E-state index contributed by atoms with van der Waals surface area (Å²) in [5.74, 6) is 2.34. The van der Waals surface area contributed by atoms with Crippen molar-refractivity contribution in [1.29, 1.82) is 0 Å². The van der Waals surface area contributed by atoms with Gasteiger partial charge in [0.15, 0.2) is 0 Å². The highest BCUT2D eigenvalue weighted by molar-refractivity contribution is 4.87. The summed E-state index contributed by atoms with van der Waals surface area (Å²) < 4.78 is 6.34. The lowest BCUT2D eigenvalue weighted by Crippen LogP contribution is -2.52. The lowest BCUT2D eigenvalue weighted by Gasteiger charge is -2.44. The minimum Gasteiger partial charge on any atom is -0.375 e. The standard InChI is InChI=1S/C21H42N2O/c1-8-19(16(2)3)20-14-23(7)18(15-24-20)11-21(4,5)10-9-17-12-22(6)13-17/h16-20H,8-15H2,1-7H3. The summed E-state index contributed by atoms with van der Waals surface area (Å²) in [7, 11) is 4.54. The van der Waals surface area contributed by atoms with E-state index >= 15 is 0 Å². The number of nitrogens with zero attached hydrogens (tertiary/aromatic N) is 2. The zero-order valence-electron chi connectivity index (χ0n) is 17.3. The number of rotatable bonds is 8. The highest BCUT2D eigenvalue weighted by Gasteiger charge is 2.35. The van der Waals surface area contributed by atoms with Gasteiger partial charge in [0.05, 0.1) is 12.7 Å². The van der Waals surface area contributed by atoms with Crippen LogP contribution in [0.3, 0.4) is 0 Å². The van der Waals surface area contributed by atoms with E-state index in [-0.39, 0.29) is 0 Å². The molecule has 142 valence electrons. The molecular formula is C21H42N2O. The van der Waals surface area contributed by atoms with Gasteiger partial charge in [-0.25, -0.2) is 0 Å². The first kappa shape index (κ1) is 20.2. The van der Waals surface area contributed by atoms with Crippen molar-refractivity contribution in [3.05, 3.63) is 0 Å². The van der Waals surface area contributed by atoms with Crippen LogP contribution in [0.4, 0.5) is 0 Å². The van der Waals surface area contributed by atoms with E-state index in [2.05, 4.69) is 58.5 Å². The largest absolute Gasteiger partial charge is 0.375 e. The molecule has 2 aliphatic rings. The summed E-state index contributed by atoms with van der Waals surface area (Å²) in [5, 5.41) is 0. The molecule has 24 heavy (non-hydrogen) atoms. The summed E-state index contributed by atoms with van der Waals surface area (Å²) in [5.41, 5.74) is 0.422. The zero-order valence-corrected chi connectivity index (χ0v) is 17.3. The van der Waals surface area contributed by atoms with Gasteiger partial charge in [-0.15, -0.1) is 0 Å². The van der Waals surface area contributed by atoms with Crippen LogP contribution in [-0.2, 0) is 4.74 Å². The van der Waals surface area contributed by atoms with Gasteiger partial charge < -0.3 is 9.64 Å². The Morgan fingerprint density at radius 2 is 1.79 bits per heavy atom. The van der Waals surface area contributed by atoms with Gasteiger partial charge in [0, 0.05) is 25.7 Å². The molecule has 0 aromatic carbocycles. The summed E-state index contributed by atoms with van der Waals surface area (Å²) >= 11 is 0. The second kappa shape index (κ2) is 8.51. The average Bonchev–Trinajstić information content (AvgIpc) is 2.45. The molecule has 0 spiro atoms. The average molecular weight is 339 g/mol. The Kier molecular flexibility index (Phi) is 7.16. The Balaban J connectivity index is 1.78. The second-order valence-electron chi connectivity index (χ2n) is 9.78. The van der Waals surface area contributed by atoms with Gasteiger partial charge in [-0.2, -0.15) is 0 Å². The summed E-state index contributed by atoms with van der Waals surface area (Å²) in [4.78, 5) is 5.01. The summed E-state index contributed by atoms with van der Waals surface area (Å²) in [6, 6.07) is 0.588. The third-order valence-corrected chi connectivity index (χ3v) is 6.56. The van der Waals surface area contributed by atoms with Gasteiger partial charge in [0.2, 0.25) is 0 Å². The van der Waals surface area contributed by atoms with Crippen LogP contribution in [0.2, 0.25) is 0 Å². The van der Waals surface area contributed by atoms with Crippen LogP contribution in [0.5, 0.6) is 0 Å². The Bertz CT molecular complexity index is 376. The molecule has 0 aromatic heterocycles. The van der Waals surface area contributed by atoms with Crippen LogP contribution >= 0.6 is 0 Å². The number of likely N-dealkylation sites (tertiary alicyclic amines) is 1. The lowest BCUT2D eigenvalue weighted by atomic mass is 9.77. The molecule has 0 amide bonds. The number of likely N-dealkylation sites (N-methyl/N-ethyl adjacent to an activating group) is 1. The number of hydrogen-bond donors (Lipinski definition) is 0. The molecule has 3 heteroatoms. The maximum atomic E-state index is 6.34. The minimum atomic E-state index is 0.421. The fourth-order valence-electron chi connectivity index (χ4n) is 4.83. The fourth-order valence-corrected chi connectivity index (χ4v) is 4.83. The molecule has 2 fully saturated rings. The van der Waals surface area contributed by atoms with Gasteiger partial charge in [-0.05, 0) is 56.5 Å². The molecule has 2 heterocycles. The van der Waals surface area contributed by atoms with Crippen molar-refractivity contribution in [2.75, 3.05) is 40.3 Å². The SMILES string of the molecule is CCC(C(C)C)C1CN(C)C(CC(C)(C)CCC2CN(C)C2)CO1. The smallest absolute Gasteiger partial charge is 0.0733 e. The Labute approximate surface area is 151 Å². The van der Waals surface area contributed by atoms with Crippen molar-refractivity contribution in [1.82, 2.24) is 9.80 Å². The number of ether oxygens (including phenoxy) is 1. The van der Waals surface area contributed by atoms with Crippen LogP contribution < -0.4 is 0 Å². The third kappa shape index (κ3) is 5.44. The van der Waals surface area contributed by atoms with Crippen LogP contribution in [0.15, 0.2) is 0 Å². The number of morpholine rings is 1. The van der Waals surface area contributed by atoms with Crippen molar-refractivity contribution in [2.24, 2.45) is 23.2 Å². The third-order valence-electron chi connectivity index (χ3n) is 6.56. The van der Waals surface area contributed by atoms with Gasteiger partial charge in [0.1, 0.15) is 0 Å². The van der Waals surface area contributed by atoms with Gasteiger partial charge in [-0.1, -0.05) is 41.0 Å². The maximum Gasteiger partial charge on any atom is 0.0733 e. The quantitative estimate of drug-likeness (QED) is 0.662. The first-order chi connectivity index (χ1) is 11.2. The van der Waals surface area contributed by atoms with Gasteiger partial charge in [-0.3, -0.25) is 4.90 Å². The molecule has 2 aliphatic heterocycles. The predicted octanol–water partition coefficient (Wildman–Crippen LogP) is 4.13. The lowest BCUT2D eigenvalue weighted by molar-refractivity contribution is -0.0964. The van der Waals surface area contributed by atoms with Crippen molar-refractivity contribution in [2.45, 2.75) is 72.4 Å². The second-order valence-corrected chi connectivity index (χ2v) is 9.78. The van der Waals surface area contributed by atoms with Crippen molar-refractivity contribution in [3.8, 4) is 0 Å². The number of hydrogen-bond acceptors (Lipinski definition) is 3. The van der Waals surface area contributed by atoms with Crippen LogP contribution in [0.25, 0.3) is 0 Å². The molecule has 2 saturated heterocycles. The molecule has 3 unspecified atom stereocenters. The molecule has 3 atom stereocenters. The summed E-state index contributed by atoms with van der Waals surface area (Å²) in [6.07, 6.45) is 5.65. The molecule has 0 radical (unpaired) electrons. The monoisotopic (exact) mass is 338 g/mol. The van der Waals surface area contributed by atoms with E-state index in [1.807, 2.05) is 0 Å². The van der Waals surface area contributed by atoms with E-state index in [9.17, 15) is 0 Å². The topological polar surface area (TPSA) is 15.7 Å². The van der Waals surface area contributed by atoms with E-state index in [1.54, 1.807) is 0 Å². The van der Waals surface area contributed by atoms with Crippen LogP contribution in [-0.4, -0.2) is 62.3 Å². The molecule has 0 N–H and O–H groups in total. The highest BCUT2D eigenvalue weighted by Crippen LogP contribution is 2.35.